The lowest BCUT2D eigenvalue weighted by molar-refractivity contribution is 0.662. The molecule has 0 amide bonds. The zero-order valence-electron chi connectivity index (χ0n) is 42.1. The second kappa shape index (κ2) is 17.7. The van der Waals surface area contributed by atoms with Crippen LogP contribution in [-0.2, 0) is 10.8 Å². The largest absolute Gasteiger partial charge is 0.310 e. The minimum absolute atomic E-state index is 0.124. The molecule has 0 saturated carbocycles. The van der Waals surface area contributed by atoms with Gasteiger partial charge in [-0.25, -0.2) is 0 Å². The molecule has 0 radical (unpaired) electrons. The lowest BCUT2D eigenvalue weighted by atomic mass is 9.68. The Labute approximate surface area is 440 Å². The minimum Gasteiger partial charge on any atom is -0.310 e. The van der Waals surface area contributed by atoms with Crippen molar-refractivity contribution in [2.24, 2.45) is 0 Å². The molecule has 0 unspecified atom stereocenters. The van der Waals surface area contributed by atoms with Gasteiger partial charge in [0.2, 0.25) is 0 Å². The number of fused-ring (bicyclic) bond motifs is 7. The number of benzene rings is 12. The molecule has 14 rings (SSSR count). The summed E-state index contributed by atoms with van der Waals surface area (Å²) in [6.07, 6.45) is 0. The standard InChI is InChI=1S/C74H53N/c1-73(2)67-30-13-11-26-64(67)65-29-16-28-63(72(65)73)54-42-46-62(47-43-54)75(70-33-17-32-69-71(70)66-27-12-14-31-68(66)74(69,59-22-5-3-6-23-59)60-24-7-4-8-25-60)61-44-40-52(41-45-61)51-34-36-53(37-35-51)56-20-15-21-57(48-56)58-39-38-50-18-9-10-19-55(50)49-58/h3-49H,1-2H3. The maximum Gasteiger partial charge on any atom is 0.0714 e. The zero-order valence-corrected chi connectivity index (χ0v) is 42.1. The van der Waals surface area contributed by atoms with Crippen molar-refractivity contribution >= 4 is 27.8 Å². The van der Waals surface area contributed by atoms with Crippen LogP contribution in [0.25, 0.3) is 77.5 Å². The van der Waals surface area contributed by atoms with Crippen LogP contribution in [0, 0.1) is 0 Å². The van der Waals surface area contributed by atoms with Crippen LogP contribution < -0.4 is 4.90 Å². The van der Waals surface area contributed by atoms with Crippen LogP contribution in [0.5, 0.6) is 0 Å². The third kappa shape index (κ3) is 7.14. The molecular weight excluding hydrogens is 903 g/mol. The van der Waals surface area contributed by atoms with Crippen LogP contribution in [0.1, 0.15) is 47.2 Å². The highest BCUT2D eigenvalue weighted by atomic mass is 15.1. The normalized spacial score (nSPS) is 13.4. The van der Waals surface area contributed by atoms with Crippen LogP contribution in [0.3, 0.4) is 0 Å². The van der Waals surface area contributed by atoms with Crippen molar-refractivity contribution in [1.29, 1.82) is 0 Å². The topological polar surface area (TPSA) is 3.24 Å². The van der Waals surface area contributed by atoms with Crippen molar-refractivity contribution in [3.05, 3.63) is 318 Å². The fourth-order valence-electron chi connectivity index (χ4n) is 12.9. The van der Waals surface area contributed by atoms with Crippen LogP contribution in [0.4, 0.5) is 17.1 Å². The Morgan fingerprint density at radius 2 is 0.733 bits per heavy atom. The van der Waals surface area contributed by atoms with Crippen molar-refractivity contribution in [3.8, 4) is 66.8 Å². The third-order valence-corrected chi connectivity index (χ3v) is 16.3. The smallest absolute Gasteiger partial charge is 0.0714 e. The first-order valence-corrected chi connectivity index (χ1v) is 26.2. The predicted octanol–water partition coefficient (Wildman–Crippen LogP) is 19.6. The van der Waals surface area contributed by atoms with Crippen molar-refractivity contribution in [2.45, 2.75) is 24.7 Å². The Morgan fingerprint density at radius 3 is 1.41 bits per heavy atom. The van der Waals surface area contributed by atoms with E-state index >= 15 is 0 Å². The summed E-state index contributed by atoms with van der Waals surface area (Å²) in [6.45, 7) is 4.75. The SMILES string of the molecule is CC1(C)c2ccccc2-c2cccc(-c3ccc(N(c4ccc(-c5ccc(-c6cccc(-c7ccc8ccccc8c7)c6)cc5)cc4)c4cccc5c4-c4ccccc4C5(c4ccccc4)c4ccccc4)cc3)c21. The molecule has 0 spiro atoms. The van der Waals surface area contributed by atoms with Gasteiger partial charge in [-0.2, -0.15) is 0 Å². The summed E-state index contributed by atoms with van der Waals surface area (Å²) >= 11 is 0. The van der Waals surface area contributed by atoms with Gasteiger partial charge >= 0.3 is 0 Å². The third-order valence-electron chi connectivity index (χ3n) is 16.3. The molecule has 1 heteroatoms. The molecule has 0 heterocycles. The van der Waals surface area contributed by atoms with Crippen molar-refractivity contribution in [2.75, 3.05) is 4.90 Å². The van der Waals surface area contributed by atoms with Crippen LogP contribution in [0.15, 0.2) is 285 Å². The van der Waals surface area contributed by atoms with E-state index in [1.807, 2.05) is 0 Å². The molecule has 2 aliphatic rings. The first kappa shape index (κ1) is 44.4. The first-order valence-electron chi connectivity index (χ1n) is 26.2. The van der Waals surface area contributed by atoms with E-state index in [1.54, 1.807) is 0 Å². The first-order chi connectivity index (χ1) is 36.9. The number of hydrogen-bond donors (Lipinski definition) is 0. The van der Waals surface area contributed by atoms with Crippen LogP contribution >= 0.6 is 0 Å². The summed E-state index contributed by atoms with van der Waals surface area (Å²) in [5.41, 5.74) is 25.4. The van der Waals surface area contributed by atoms with E-state index in [-0.39, 0.29) is 5.41 Å². The van der Waals surface area contributed by atoms with Gasteiger partial charge in [-0.1, -0.05) is 257 Å². The molecule has 0 aromatic heterocycles. The molecule has 75 heavy (non-hydrogen) atoms. The van der Waals surface area contributed by atoms with Crippen molar-refractivity contribution in [3.63, 3.8) is 0 Å². The van der Waals surface area contributed by atoms with E-state index in [0.717, 1.165) is 17.1 Å². The Morgan fingerprint density at radius 1 is 0.280 bits per heavy atom. The van der Waals surface area contributed by atoms with Gasteiger partial charge in [0.25, 0.3) is 0 Å². The number of hydrogen-bond acceptors (Lipinski definition) is 1. The summed E-state index contributed by atoms with van der Waals surface area (Å²) in [5.74, 6) is 0. The predicted molar refractivity (Wildman–Crippen MR) is 315 cm³/mol. The summed E-state index contributed by atoms with van der Waals surface area (Å²) < 4.78 is 0. The highest BCUT2D eigenvalue weighted by Gasteiger charge is 2.47. The van der Waals surface area contributed by atoms with Gasteiger partial charge in [0.1, 0.15) is 0 Å². The Bertz CT molecular complexity index is 4070. The van der Waals surface area contributed by atoms with E-state index in [1.165, 1.54) is 111 Å². The summed E-state index contributed by atoms with van der Waals surface area (Å²) in [4.78, 5) is 2.48. The second-order valence-corrected chi connectivity index (χ2v) is 20.8. The van der Waals surface area contributed by atoms with Gasteiger partial charge in [-0.15, -0.1) is 0 Å². The van der Waals surface area contributed by atoms with E-state index in [9.17, 15) is 0 Å². The Hall–Kier alpha value is -9.30. The fourth-order valence-corrected chi connectivity index (χ4v) is 12.9. The summed E-state index contributed by atoms with van der Waals surface area (Å²) in [7, 11) is 0. The van der Waals surface area contributed by atoms with Gasteiger partial charge in [0.05, 0.1) is 11.1 Å². The van der Waals surface area contributed by atoms with Crippen LogP contribution in [-0.4, -0.2) is 0 Å². The van der Waals surface area contributed by atoms with Gasteiger partial charge in [-0.05, 0) is 148 Å². The van der Waals surface area contributed by atoms with E-state index in [0.29, 0.717) is 0 Å². The molecule has 0 N–H and O–H groups in total. The molecular formula is C74H53N. The highest BCUT2D eigenvalue weighted by molar-refractivity contribution is 5.98. The molecule has 0 fully saturated rings. The molecule has 0 aliphatic heterocycles. The van der Waals surface area contributed by atoms with Gasteiger partial charge < -0.3 is 4.90 Å². The average molecular weight is 956 g/mol. The number of rotatable bonds is 9. The fraction of sp³-hybridized carbons (Fsp3) is 0.0541. The minimum atomic E-state index is -0.522. The van der Waals surface area contributed by atoms with E-state index < -0.39 is 5.41 Å². The average Bonchev–Trinajstić information content (AvgIpc) is 4.05. The van der Waals surface area contributed by atoms with Gasteiger partial charge in [-0.3, -0.25) is 0 Å². The van der Waals surface area contributed by atoms with Crippen molar-refractivity contribution in [1.82, 2.24) is 0 Å². The van der Waals surface area contributed by atoms with E-state index in [4.69, 9.17) is 0 Å². The molecule has 12 aromatic rings. The van der Waals surface area contributed by atoms with Gasteiger partial charge in [0, 0.05) is 22.4 Å². The maximum absolute atomic E-state index is 2.48. The monoisotopic (exact) mass is 955 g/mol. The summed E-state index contributed by atoms with van der Waals surface area (Å²) in [6, 6.07) is 106. The Kier molecular flexibility index (Phi) is 10.5. The molecule has 2 aliphatic carbocycles. The van der Waals surface area contributed by atoms with E-state index in [2.05, 4.69) is 304 Å². The zero-order chi connectivity index (χ0) is 50.1. The number of nitrogens with zero attached hydrogens (tertiary/aromatic N) is 1. The molecule has 354 valence electrons. The van der Waals surface area contributed by atoms with Crippen LogP contribution in [0.2, 0.25) is 0 Å². The highest BCUT2D eigenvalue weighted by Crippen LogP contribution is 2.60. The Balaban J connectivity index is 0.879. The molecule has 0 bridgehead atoms. The molecule has 0 saturated heterocycles. The maximum atomic E-state index is 2.48. The van der Waals surface area contributed by atoms with Crippen molar-refractivity contribution < 1.29 is 0 Å². The molecule has 1 nitrogen and oxygen atoms in total. The molecule has 0 atom stereocenters. The molecule has 12 aromatic carbocycles. The van der Waals surface area contributed by atoms with Gasteiger partial charge in [0.15, 0.2) is 0 Å². The lowest BCUT2D eigenvalue weighted by Gasteiger charge is -2.34. The lowest BCUT2D eigenvalue weighted by Crippen LogP contribution is -2.28. The number of anilines is 3. The summed E-state index contributed by atoms with van der Waals surface area (Å²) in [5, 5.41) is 2.51. The second-order valence-electron chi connectivity index (χ2n) is 20.8. The quantitative estimate of drug-likeness (QED) is 0.139.